The molecule has 4 aliphatic carbocycles. The number of amides is 3. The molecule has 1 aliphatic heterocycles. The fourth-order valence-electron chi connectivity index (χ4n) is 10.8. The highest BCUT2D eigenvalue weighted by atomic mass is 79.9. The summed E-state index contributed by atoms with van der Waals surface area (Å²) >= 11 is 4.47. The fraction of sp³-hybridized carbons (Fsp3) is 0.548. The van der Waals surface area contributed by atoms with E-state index in [9.17, 15) is 44.4 Å². The van der Waals surface area contributed by atoms with E-state index in [1.165, 1.54) is 11.3 Å². The average molecular weight is 885 g/mol. The van der Waals surface area contributed by atoms with Gasteiger partial charge >= 0.3 is 5.97 Å². The van der Waals surface area contributed by atoms with Gasteiger partial charge in [0.05, 0.1) is 30.2 Å². The zero-order valence-electron chi connectivity index (χ0n) is 32.3. The molecule has 16 heteroatoms. The maximum absolute atomic E-state index is 14.0. The van der Waals surface area contributed by atoms with E-state index in [2.05, 4.69) is 38.8 Å². The summed E-state index contributed by atoms with van der Waals surface area (Å²) in [5, 5.41) is 51.4. The number of fused-ring (bicyclic) bond motifs is 7. The number of carbonyl (C=O) groups is 5. The van der Waals surface area contributed by atoms with Crippen LogP contribution in [0.4, 0.5) is 5.69 Å². The molecular formula is C42H50BrN3O11S. The van der Waals surface area contributed by atoms with Gasteiger partial charge in [-0.05, 0) is 73.1 Å². The number of Topliss-reactive ketones (excluding diaryl/α,β-unsaturated/α-hetero) is 1. The number of rotatable bonds is 14. The number of aliphatic carboxylic acids is 1. The quantitative estimate of drug-likeness (QED) is 0.108. The Morgan fingerprint density at radius 2 is 1.90 bits per heavy atom. The lowest BCUT2D eigenvalue weighted by atomic mass is 9.46. The molecule has 11 atom stereocenters. The summed E-state index contributed by atoms with van der Waals surface area (Å²) in [4.78, 5) is 63.3. The number of hydrogen-bond donors (Lipinski definition) is 7. The number of allylic oxidation sites excluding steroid dienone is 2. The molecule has 7 N–H and O–H groups in total. The largest absolute Gasteiger partial charge is 0.481 e. The Balaban J connectivity index is 1.04. The number of aliphatic hydroxyl groups is 3. The molecule has 1 saturated heterocycles. The van der Waals surface area contributed by atoms with Crippen LogP contribution in [-0.2, 0) is 39.9 Å². The van der Waals surface area contributed by atoms with E-state index in [1.54, 1.807) is 24.3 Å². The molecule has 14 nitrogen and oxygen atoms in total. The Kier molecular flexibility index (Phi) is 12.2. The number of benzene rings is 1. The summed E-state index contributed by atoms with van der Waals surface area (Å²) in [5.74, 6) is -3.25. The van der Waals surface area contributed by atoms with Crippen LogP contribution in [0.3, 0.4) is 0 Å². The molecule has 1 aromatic carbocycles. The molecule has 5 aliphatic rings. The van der Waals surface area contributed by atoms with Crippen molar-refractivity contribution in [2.45, 2.75) is 95.0 Å². The summed E-state index contributed by atoms with van der Waals surface area (Å²) in [6.45, 7) is 3.07. The lowest BCUT2D eigenvalue weighted by molar-refractivity contribution is -0.201. The Morgan fingerprint density at radius 1 is 1.10 bits per heavy atom. The molecule has 312 valence electrons. The van der Waals surface area contributed by atoms with Crippen LogP contribution >= 0.6 is 27.3 Å². The molecule has 1 unspecified atom stereocenters. The SMILES string of the molecule is C[C@]12C=CC(O)C=C1CC[C@@H]1[C@@H]2[C@@H](O)C[C@@]2(C)[C@H]1C[C@H]1O[C@@H](c3csc(Cc4cccc(NC(=O)[C@H](CCC(=O)O)NC(=O)CNC(=O)CBr)c4)c3)O[C@]12C(=O)CO. The lowest BCUT2D eigenvalue weighted by Gasteiger charge is -2.60. The van der Waals surface area contributed by atoms with E-state index in [0.29, 0.717) is 24.9 Å². The summed E-state index contributed by atoms with van der Waals surface area (Å²) in [5.41, 5.74) is 0.509. The predicted molar refractivity (Wildman–Crippen MR) is 216 cm³/mol. The van der Waals surface area contributed by atoms with Crippen molar-refractivity contribution in [1.29, 1.82) is 0 Å². The van der Waals surface area contributed by atoms with Gasteiger partial charge < -0.3 is 45.9 Å². The van der Waals surface area contributed by atoms with Crippen molar-refractivity contribution in [2.75, 3.05) is 23.8 Å². The number of nitrogens with one attached hydrogen (secondary N) is 3. The van der Waals surface area contributed by atoms with Gasteiger partial charge in [0, 0.05) is 45.7 Å². The van der Waals surface area contributed by atoms with Crippen molar-refractivity contribution in [1.82, 2.24) is 10.6 Å². The van der Waals surface area contributed by atoms with Crippen molar-refractivity contribution in [3.05, 3.63) is 75.5 Å². The highest BCUT2D eigenvalue weighted by molar-refractivity contribution is 9.09. The normalized spacial score (nSPS) is 33.8. The van der Waals surface area contributed by atoms with Crippen molar-refractivity contribution in [2.24, 2.45) is 28.6 Å². The molecule has 3 amide bonds. The predicted octanol–water partition coefficient (Wildman–Crippen LogP) is 3.53. The van der Waals surface area contributed by atoms with Gasteiger partial charge in [-0.15, -0.1) is 11.3 Å². The number of alkyl halides is 1. The van der Waals surface area contributed by atoms with Gasteiger partial charge in [-0.1, -0.05) is 65.7 Å². The average Bonchev–Trinajstić information content (AvgIpc) is 3.88. The summed E-state index contributed by atoms with van der Waals surface area (Å²) in [7, 11) is 0. The summed E-state index contributed by atoms with van der Waals surface area (Å²) < 4.78 is 13.4. The van der Waals surface area contributed by atoms with Crippen LogP contribution in [0, 0.1) is 28.6 Å². The van der Waals surface area contributed by atoms with Gasteiger partial charge in [-0.25, -0.2) is 0 Å². The maximum atomic E-state index is 14.0. The standard InChI is InChI=1S/C42H50BrN3O11S/c1-40-11-10-26(48)15-24(40)6-7-28-29-16-33-42(32(50)20-47,41(29,2)17-31(49)37(28)40)57-39(56-33)23-14-27(58-21-23)13-22-4-3-5-25(12-22)45-38(55)30(8-9-36(53)54)46-35(52)19-44-34(51)18-43/h3-5,10-12,14-15,21,26,28-31,33,37,39,47-49H,6-9,13,16-20H2,1-2H3,(H,44,51)(H,45,55)(H,46,52)(H,53,54)/t26?,28-,29-,30-,31-,33+,37+,39+,40-,41-,42+/m0/s1. The number of ether oxygens (including phenoxy) is 2. The van der Waals surface area contributed by atoms with Crippen LogP contribution < -0.4 is 16.0 Å². The molecule has 58 heavy (non-hydrogen) atoms. The number of hydrogen-bond acceptors (Lipinski definition) is 11. The number of carboxylic acid groups (broad SMARTS) is 1. The summed E-state index contributed by atoms with van der Waals surface area (Å²) in [6, 6.07) is 7.93. The number of carboxylic acids is 1. The van der Waals surface area contributed by atoms with Gasteiger partial charge in [0.15, 0.2) is 17.7 Å². The third kappa shape index (κ3) is 7.72. The van der Waals surface area contributed by atoms with E-state index in [-0.39, 0.29) is 42.5 Å². The number of ketones is 1. The highest BCUT2D eigenvalue weighted by Crippen LogP contribution is 2.70. The van der Waals surface area contributed by atoms with Crippen molar-refractivity contribution < 1.29 is 53.9 Å². The lowest BCUT2D eigenvalue weighted by Crippen LogP contribution is -2.63. The molecule has 7 rings (SSSR count). The van der Waals surface area contributed by atoms with Crippen LogP contribution in [0.1, 0.15) is 74.7 Å². The molecule has 3 saturated carbocycles. The van der Waals surface area contributed by atoms with E-state index < -0.39 is 83.2 Å². The van der Waals surface area contributed by atoms with Crippen LogP contribution in [-0.4, -0.2) is 98.3 Å². The monoisotopic (exact) mass is 883 g/mol. The second-order valence-electron chi connectivity index (χ2n) is 16.7. The Hall–Kier alpha value is -3.77. The third-order valence-corrected chi connectivity index (χ3v) is 14.7. The number of thiophene rings is 1. The number of halogens is 1. The van der Waals surface area contributed by atoms with Gasteiger partial charge in [0.2, 0.25) is 17.7 Å². The number of aliphatic hydroxyl groups excluding tert-OH is 3. The van der Waals surface area contributed by atoms with Gasteiger partial charge in [0.1, 0.15) is 12.6 Å². The summed E-state index contributed by atoms with van der Waals surface area (Å²) in [6.07, 6.45) is 5.29. The Labute approximate surface area is 348 Å². The van der Waals surface area contributed by atoms with Crippen molar-refractivity contribution in [3.8, 4) is 0 Å². The maximum Gasteiger partial charge on any atom is 0.303 e. The van der Waals surface area contributed by atoms with Crippen LogP contribution in [0.25, 0.3) is 0 Å². The molecule has 0 spiro atoms. The number of anilines is 1. The highest BCUT2D eigenvalue weighted by Gasteiger charge is 2.76. The molecule has 0 radical (unpaired) electrons. The van der Waals surface area contributed by atoms with Crippen molar-refractivity contribution >= 4 is 62.4 Å². The first kappa shape index (κ1) is 42.4. The first-order valence-corrected chi connectivity index (χ1v) is 21.7. The minimum Gasteiger partial charge on any atom is -0.481 e. The van der Waals surface area contributed by atoms with Gasteiger partial charge in [0.25, 0.3) is 0 Å². The van der Waals surface area contributed by atoms with Crippen LogP contribution in [0.15, 0.2) is 59.5 Å². The number of carbonyl (C=O) groups excluding carboxylic acids is 4. The van der Waals surface area contributed by atoms with Crippen molar-refractivity contribution in [3.63, 3.8) is 0 Å². The topological polar surface area (TPSA) is 221 Å². The zero-order valence-corrected chi connectivity index (χ0v) is 34.7. The van der Waals surface area contributed by atoms with Gasteiger partial charge in [-0.3, -0.25) is 24.0 Å². The smallest absolute Gasteiger partial charge is 0.303 e. The van der Waals surface area contributed by atoms with E-state index >= 15 is 0 Å². The van der Waals surface area contributed by atoms with Crippen LogP contribution in [0.5, 0.6) is 0 Å². The minimum absolute atomic E-state index is 0.000907. The first-order valence-electron chi connectivity index (χ1n) is 19.7. The van der Waals surface area contributed by atoms with E-state index in [4.69, 9.17) is 9.47 Å². The molecule has 0 bridgehead atoms. The molecule has 1 aromatic heterocycles. The van der Waals surface area contributed by atoms with Crippen LogP contribution in [0.2, 0.25) is 0 Å². The van der Waals surface area contributed by atoms with E-state index in [1.807, 2.05) is 36.6 Å². The third-order valence-electron chi connectivity index (χ3n) is 13.3. The minimum atomic E-state index is -1.45. The second-order valence-corrected chi connectivity index (χ2v) is 18.2. The van der Waals surface area contributed by atoms with E-state index in [0.717, 1.165) is 34.4 Å². The molecule has 2 heterocycles. The first-order chi connectivity index (χ1) is 27.6. The zero-order chi connectivity index (χ0) is 41.6. The van der Waals surface area contributed by atoms with Gasteiger partial charge in [-0.2, -0.15) is 0 Å². The second kappa shape index (κ2) is 16.7. The Morgan fingerprint density at radius 3 is 2.64 bits per heavy atom. The molecule has 4 fully saturated rings. The Bertz CT molecular complexity index is 2020. The fourth-order valence-corrected chi connectivity index (χ4v) is 11.9. The molecule has 2 aromatic rings. The molecular weight excluding hydrogens is 834 g/mol.